The van der Waals surface area contributed by atoms with Gasteiger partial charge in [0.2, 0.25) is 0 Å². The van der Waals surface area contributed by atoms with Gasteiger partial charge in [0, 0.05) is 18.2 Å². The number of rotatable bonds is 10. The lowest BCUT2D eigenvalue weighted by atomic mass is 10.0. The fourth-order valence-corrected chi connectivity index (χ4v) is 3.26. The van der Waals surface area contributed by atoms with E-state index < -0.39 is 0 Å². The molecule has 1 heterocycles. The zero-order chi connectivity index (χ0) is 19.0. The van der Waals surface area contributed by atoms with Crippen molar-refractivity contribution in [3.8, 4) is 0 Å². The highest BCUT2D eigenvalue weighted by atomic mass is 15.2. The third-order valence-electron chi connectivity index (χ3n) is 4.57. The lowest BCUT2D eigenvalue weighted by Gasteiger charge is -2.35. The molecule has 0 radical (unpaired) electrons. The summed E-state index contributed by atoms with van der Waals surface area (Å²) in [7, 11) is 0. The molecule has 1 atom stereocenters. The van der Waals surface area contributed by atoms with Crippen LogP contribution in [0.1, 0.15) is 78.0 Å². The first-order valence-electron chi connectivity index (χ1n) is 9.61. The maximum Gasteiger partial charge on any atom is 0.136 e. The lowest BCUT2D eigenvalue weighted by molar-refractivity contribution is 0.549. The van der Waals surface area contributed by atoms with Gasteiger partial charge in [-0.1, -0.05) is 58.1 Å². The Morgan fingerprint density at radius 1 is 1.20 bits per heavy atom. The van der Waals surface area contributed by atoms with E-state index in [1.54, 1.807) is 0 Å². The molecular weight excluding hydrogens is 304 g/mol. The van der Waals surface area contributed by atoms with Crippen LogP contribution in [0.25, 0.3) is 5.57 Å². The van der Waals surface area contributed by atoms with E-state index in [1.807, 2.05) is 6.92 Å². The predicted molar refractivity (Wildman–Crippen MR) is 113 cm³/mol. The molecule has 0 bridgehead atoms. The number of pyridine rings is 1. The third-order valence-corrected chi connectivity index (χ3v) is 4.57. The zero-order valence-corrected chi connectivity index (χ0v) is 17.2. The van der Waals surface area contributed by atoms with Crippen LogP contribution in [0.15, 0.2) is 42.6 Å². The maximum atomic E-state index is 4.94. The molecule has 0 aromatic carbocycles. The van der Waals surface area contributed by atoms with E-state index in [1.165, 1.54) is 11.1 Å². The number of allylic oxidation sites excluding steroid dienone is 3. The second kappa shape index (κ2) is 10.2. The summed E-state index contributed by atoms with van der Waals surface area (Å²) in [5, 5.41) is 0. The van der Waals surface area contributed by atoms with E-state index >= 15 is 0 Å². The summed E-state index contributed by atoms with van der Waals surface area (Å²) in [6.45, 7) is 21.5. The molecule has 0 saturated heterocycles. The van der Waals surface area contributed by atoms with Crippen molar-refractivity contribution in [2.75, 3.05) is 4.90 Å². The van der Waals surface area contributed by atoms with Crippen molar-refractivity contribution < 1.29 is 0 Å². The van der Waals surface area contributed by atoms with E-state index in [2.05, 4.69) is 70.9 Å². The van der Waals surface area contributed by atoms with Crippen LogP contribution >= 0.6 is 0 Å². The topological polar surface area (TPSA) is 16.1 Å². The number of hydrogen-bond acceptors (Lipinski definition) is 2. The Morgan fingerprint density at radius 2 is 1.88 bits per heavy atom. The quantitative estimate of drug-likeness (QED) is 0.423. The standard InChI is InChI=1S/C23H36N2/c1-9-12-18(6)16-20(8)25(21(11-3)13-10-2)23-19(7)14-15-22(24-23)17(4)5/h12,14-15,21H,4,8-11,13,16H2,1-3,5-7H3/b18-12+. The van der Waals surface area contributed by atoms with Crippen molar-refractivity contribution >= 4 is 11.4 Å². The molecule has 2 nitrogen and oxygen atoms in total. The van der Waals surface area contributed by atoms with Crippen LogP contribution in [0.3, 0.4) is 0 Å². The first-order chi connectivity index (χ1) is 11.8. The molecule has 0 spiro atoms. The van der Waals surface area contributed by atoms with Gasteiger partial charge in [-0.3, -0.25) is 0 Å². The third kappa shape index (κ3) is 5.88. The Bertz CT molecular complexity index is 625. The fraction of sp³-hybridized carbons (Fsp3) is 0.522. The molecule has 0 aliphatic carbocycles. The van der Waals surface area contributed by atoms with Crippen LogP contribution in [0.2, 0.25) is 0 Å². The normalized spacial score (nSPS) is 12.8. The summed E-state index contributed by atoms with van der Waals surface area (Å²) in [5.74, 6) is 1.04. The number of aromatic nitrogens is 1. The second-order valence-electron chi connectivity index (χ2n) is 7.04. The van der Waals surface area contributed by atoms with Crippen molar-refractivity contribution in [3.63, 3.8) is 0 Å². The van der Waals surface area contributed by atoms with Gasteiger partial charge in [-0.25, -0.2) is 4.98 Å². The molecule has 0 aliphatic rings. The Hall–Kier alpha value is -1.83. The Balaban J connectivity index is 3.36. The van der Waals surface area contributed by atoms with Gasteiger partial charge in [-0.05, 0) is 57.2 Å². The summed E-state index contributed by atoms with van der Waals surface area (Å²) in [5.41, 5.74) is 5.66. The van der Waals surface area contributed by atoms with Gasteiger partial charge in [0.15, 0.2) is 0 Å². The molecule has 25 heavy (non-hydrogen) atoms. The molecule has 2 heteroatoms. The molecule has 0 N–H and O–H groups in total. The van der Waals surface area contributed by atoms with Crippen molar-refractivity contribution in [1.29, 1.82) is 0 Å². The monoisotopic (exact) mass is 340 g/mol. The first-order valence-corrected chi connectivity index (χ1v) is 9.61. The fourth-order valence-electron chi connectivity index (χ4n) is 3.26. The van der Waals surface area contributed by atoms with Crippen LogP contribution < -0.4 is 4.90 Å². The van der Waals surface area contributed by atoms with E-state index in [9.17, 15) is 0 Å². The minimum absolute atomic E-state index is 0.429. The van der Waals surface area contributed by atoms with Gasteiger partial charge in [0.05, 0.1) is 5.69 Å². The summed E-state index contributed by atoms with van der Waals surface area (Å²) in [6, 6.07) is 4.64. The molecule has 0 saturated carbocycles. The van der Waals surface area contributed by atoms with Gasteiger partial charge in [0.25, 0.3) is 0 Å². The number of aryl methyl sites for hydroxylation is 1. The van der Waals surface area contributed by atoms with E-state index in [0.29, 0.717) is 6.04 Å². The molecule has 1 rings (SSSR count). The molecule has 0 fully saturated rings. The van der Waals surface area contributed by atoms with Gasteiger partial charge >= 0.3 is 0 Å². The van der Waals surface area contributed by atoms with Crippen molar-refractivity contribution in [1.82, 2.24) is 4.98 Å². The van der Waals surface area contributed by atoms with Gasteiger partial charge in [-0.15, -0.1) is 0 Å². The van der Waals surface area contributed by atoms with Crippen molar-refractivity contribution in [2.24, 2.45) is 0 Å². The van der Waals surface area contributed by atoms with Crippen LogP contribution in [0, 0.1) is 6.92 Å². The maximum absolute atomic E-state index is 4.94. The molecule has 1 aromatic heterocycles. The van der Waals surface area contributed by atoms with Crippen LogP contribution in [0.4, 0.5) is 5.82 Å². The minimum Gasteiger partial charge on any atom is -0.327 e. The molecular formula is C23H36N2. The Morgan fingerprint density at radius 3 is 2.40 bits per heavy atom. The molecule has 138 valence electrons. The molecule has 0 aliphatic heterocycles. The number of nitrogens with zero attached hydrogens (tertiary/aromatic N) is 2. The van der Waals surface area contributed by atoms with Crippen molar-refractivity contribution in [2.45, 2.75) is 79.7 Å². The molecule has 0 amide bonds. The second-order valence-corrected chi connectivity index (χ2v) is 7.04. The molecule has 1 unspecified atom stereocenters. The van der Waals surface area contributed by atoms with Crippen LogP contribution in [0.5, 0.6) is 0 Å². The summed E-state index contributed by atoms with van der Waals surface area (Å²) in [6.07, 6.45) is 7.63. The average molecular weight is 341 g/mol. The summed E-state index contributed by atoms with van der Waals surface area (Å²) >= 11 is 0. The van der Waals surface area contributed by atoms with E-state index in [-0.39, 0.29) is 0 Å². The zero-order valence-electron chi connectivity index (χ0n) is 17.2. The first kappa shape index (κ1) is 21.2. The van der Waals surface area contributed by atoms with Crippen molar-refractivity contribution in [3.05, 3.63) is 53.9 Å². The average Bonchev–Trinajstić information content (AvgIpc) is 2.55. The molecule has 1 aromatic rings. The largest absolute Gasteiger partial charge is 0.327 e. The van der Waals surface area contributed by atoms with E-state index in [4.69, 9.17) is 4.98 Å². The van der Waals surface area contributed by atoms with Crippen LogP contribution in [-0.4, -0.2) is 11.0 Å². The van der Waals surface area contributed by atoms with Crippen LogP contribution in [-0.2, 0) is 0 Å². The van der Waals surface area contributed by atoms with Gasteiger partial charge in [-0.2, -0.15) is 0 Å². The summed E-state index contributed by atoms with van der Waals surface area (Å²) < 4.78 is 0. The number of anilines is 1. The lowest BCUT2D eigenvalue weighted by Crippen LogP contribution is -2.35. The highest BCUT2D eigenvalue weighted by Crippen LogP contribution is 2.30. The van der Waals surface area contributed by atoms with E-state index in [0.717, 1.165) is 54.9 Å². The SMILES string of the molecule is C=C(C)c1ccc(C)c(N(C(=C)C/C(C)=C/CC)C(CC)CCC)n1. The highest BCUT2D eigenvalue weighted by molar-refractivity contribution is 5.63. The van der Waals surface area contributed by atoms with Gasteiger partial charge in [0.1, 0.15) is 5.82 Å². The Kier molecular flexibility index (Phi) is 8.68. The highest BCUT2D eigenvalue weighted by Gasteiger charge is 2.23. The van der Waals surface area contributed by atoms with Gasteiger partial charge < -0.3 is 4.90 Å². The number of hydrogen-bond donors (Lipinski definition) is 0. The predicted octanol–water partition coefficient (Wildman–Crippen LogP) is 7.07. The Labute approximate surface area is 155 Å². The summed E-state index contributed by atoms with van der Waals surface area (Å²) in [4.78, 5) is 7.33. The minimum atomic E-state index is 0.429. The smallest absolute Gasteiger partial charge is 0.136 e.